The maximum absolute atomic E-state index is 10.8. The number of aromatic nitrogens is 3. The van der Waals surface area contributed by atoms with Crippen molar-refractivity contribution in [2.45, 2.75) is 33.1 Å². The first kappa shape index (κ1) is 14.9. The van der Waals surface area contributed by atoms with Crippen molar-refractivity contribution in [3.8, 4) is 16.9 Å². The van der Waals surface area contributed by atoms with Gasteiger partial charge in [-0.05, 0) is 30.0 Å². The van der Waals surface area contributed by atoms with Crippen LogP contribution in [0.1, 0.15) is 31.9 Å². The highest BCUT2D eigenvalue weighted by Gasteiger charge is 2.22. The number of rotatable bonds is 1. The van der Waals surface area contributed by atoms with E-state index < -0.39 is 0 Å². The number of aryl methyl sites for hydroxylation is 1. The molecule has 0 aliphatic carbocycles. The van der Waals surface area contributed by atoms with E-state index in [1.165, 1.54) is 0 Å². The summed E-state index contributed by atoms with van der Waals surface area (Å²) in [5, 5.41) is 19.1. The Labute approximate surface area is 134 Å². The number of aromatic hydroxyl groups is 1. The van der Waals surface area contributed by atoms with E-state index >= 15 is 0 Å². The third-order valence-corrected chi connectivity index (χ3v) is 3.89. The number of halogens is 1. The molecule has 2 aromatic carbocycles. The van der Waals surface area contributed by atoms with Gasteiger partial charge in [-0.3, -0.25) is 0 Å². The molecule has 1 heterocycles. The summed E-state index contributed by atoms with van der Waals surface area (Å²) in [5.41, 5.74) is 4.82. The Morgan fingerprint density at radius 2 is 1.82 bits per heavy atom. The van der Waals surface area contributed by atoms with Crippen LogP contribution in [0.25, 0.3) is 22.2 Å². The van der Waals surface area contributed by atoms with Crippen LogP contribution < -0.4 is 0 Å². The molecule has 114 valence electrons. The maximum atomic E-state index is 10.8. The Balaban J connectivity index is 2.34. The van der Waals surface area contributed by atoms with Gasteiger partial charge in [-0.25, -0.2) is 0 Å². The van der Waals surface area contributed by atoms with Crippen molar-refractivity contribution in [3.63, 3.8) is 0 Å². The summed E-state index contributed by atoms with van der Waals surface area (Å²) >= 11 is 5.85. The average Bonchev–Trinajstić information content (AvgIpc) is 2.79. The molecule has 1 aromatic heterocycles. The zero-order chi connectivity index (χ0) is 16.1. The molecule has 0 atom stereocenters. The number of hydrogen-bond acceptors (Lipinski definition) is 3. The van der Waals surface area contributed by atoms with Gasteiger partial charge in [-0.15, -0.1) is 10.2 Å². The number of benzene rings is 2. The summed E-state index contributed by atoms with van der Waals surface area (Å²) in [5.74, 6) is 0.287. The molecule has 0 unspecified atom stereocenters. The molecule has 1 N–H and O–H groups in total. The number of hydrogen-bond donors (Lipinski definition) is 1. The third kappa shape index (κ3) is 2.44. The van der Waals surface area contributed by atoms with Gasteiger partial charge in [0.15, 0.2) is 0 Å². The fourth-order valence-corrected chi connectivity index (χ4v) is 2.84. The van der Waals surface area contributed by atoms with Gasteiger partial charge in [-0.1, -0.05) is 43.3 Å². The molecule has 0 fully saturated rings. The minimum absolute atomic E-state index is 0.150. The predicted molar refractivity (Wildman–Crippen MR) is 89.3 cm³/mol. The predicted octanol–water partition coefficient (Wildman–Crippen LogP) is 4.41. The van der Waals surface area contributed by atoms with Crippen LogP contribution in [-0.4, -0.2) is 19.6 Å². The zero-order valence-corrected chi connectivity index (χ0v) is 13.8. The van der Waals surface area contributed by atoms with E-state index in [4.69, 9.17) is 11.8 Å². The van der Waals surface area contributed by atoms with Gasteiger partial charge < -0.3 is 5.11 Å². The lowest BCUT2D eigenvalue weighted by Gasteiger charge is -2.23. The largest absolute Gasteiger partial charge is 0.507 e. The second kappa shape index (κ2) is 4.99. The molecule has 0 saturated carbocycles. The molecular formula is C17H18ClN3O. The van der Waals surface area contributed by atoms with Crippen LogP contribution in [0.2, 0.25) is 0 Å². The molecule has 0 aliphatic heterocycles. The van der Waals surface area contributed by atoms with Gasteiger partial charge in [0, 0.05) is 16.7 Å². The first-order valence-electron chi connectivity index (χ1n) is 7.14. The molecule has 4 nitrogen and oxygen atoms in total. The molecule has 0 spiro atoms. The highest BCUT2D eigenvalue weighted by molar-refractivity contribution is 6.14. The van der Waals surface area contributed by atoms with E-state index in [1.54, 1.807) is 0 Å². The second-order valence-corrected chi connectivity index (χ2v) is 6.87. The van der Waals surface area contributed by atoms with Crippen molar-refractivity contribution in [2.75, 3.05) is 0 Å². The van der Waals surface area contributed by atoms with Crippen molar-refractivity contribution >= 4 is 22.8 Å². The minimum Gasteiger partial charge on any atom is -0.507 e. The molecule has 3 rings (SSSR count). The Morgan fingerprint density at radius 3 is 2.50 bits per heavy atom. The van der Waals surface area contributed by atoms with E-state index in [1.807, 2.05) is 37.3 Å². The van der Waals surface area contributed by atoms with Crippen LogP contribution >= 0.6 is 11.8 Å². The zero-order valence-electron chi connectivity index (χ0n) is 13.1. The Morgan fingerprint density at radius 1 is 1.09 bits per heavy atom. The number of nitrogens with zero attached hydrogens (tertiary/aromatic N) is 3. The van der Waals surface area contributed by atoms with Crippen molar-refractivity contribution in [1.82, 2.24) is 14.5 Å². The van der Waals surface area contributed by atoms with Crippen LogP contribution in [0.5, 0.6) is 5.75 Å². The van der Waals surface area contributed by atoms with Gasteiger partial charge in [0.1, 0.15) is 16.8 Å². The SMILES string of the molecule is Cc1cc(-c2cccc3nn(Cl)nc23)c(O)c(C(C)(C)C)c1. The molecule has 3 aromatic rings. The summed E-state index contributed by atoms with van der Waals surface area (Å²) in [6.07, 6.45) is 0. The smallest absolute Gasteiger partial charge is 0.127 e. The highest BCUT2D eigenvalue weighted by atomic mass is 35.5. The third-order valence-electron chi connectivity index (χ3n) is 3.74. The molecule has 0 amide bonds. The Bertz CT molecular complexity index is 862. The summed E-state index contributed by atoms with van der Waals surface area (Å²) in [6, 6.07) is 9.66. The first-order valence-corrected chi connectivity index (χ1v) is 7.48. The summed E-state index contributed by atoms with van der Waals surface area (Å²) in [7, 11) is 0. The summed E-state index contributed by atoms with van der Waals surface area (Å²) < 4.78 is 1.03. The van der Waals surface area contributed by atoms with Crippen LogP contribution in [0.4, 0.5) is 0 Å². The quantitative estimate of drug-likeness (QED) is 0.723. The summed E-state index contributed by atoms with van der Waals surface area (Å²) in [6.45, 7) is 8.28. The molecular weight excluding hydrogens is 298 g/mol. The molecule has 22 heavy (non-hydrogen) atoms. The normalized spacial score (nSPS) is 12.0. The van der Waals surface area contributed by atoms with Gasteiger partial charge >= 0.3 is 0 Å². The highest BCUT2D eigenvalue weighted by Crippen LogP contribution is 2.41. The van der Waals surface area contributed by atoms with E-state index in [9.17, 15) is 5.11 Å². The fourth-order valence-electron chi connectivity index (χ4n) is 2.68. The molecule has 0 aliphatic rings. The summed E-state index contributed by atoms with van der Waals surface area (Å²) in [4.78, 5) is 0. The van der Waals surface area contributed by atoms with E-state index in [-0.39, 0.29) is 11.2 Å². The van der Waals surface area contributed by atoms with Crippen molar-refractivity contribution in [2.24, 2.45) is 0 Å². The number of phenolic OH excluding ortho intramolecular Hbond substituents is 1. The maximum Gasteiger partial charge on any atom is 0.127 e. The minimum atomic E-state index is -0.150. The lowest BCUT2D eigenvalue weighted by molar-refractivity contribution is 0.448. The standard InChI is InChI=1S/C17H18ClN3O/c1-10-8-12(16(22)13(9-10)17(2,3)4)11-6-5-7-14-15(11)20-21(18)19-14/h5-9,22H,1-4H3. The molecule has 0 radical (unpaired) electrons. The molecule has 5 heteroatoms. The molecule has 0 bridgehead atoms. The molecule has 0 saturated heterocycles. The average molecular weight is 316 g/mol. The van der Waals surface area contributed by atoms with Crippen molar-refractivity contribution in [3.05, 3.63) is 41.5 Å². The first-order chi connectivity index (χ1) is 10.3. The van der Waals surface area contributed by atoms with E-state index in [2.05, 4.69) is 31.0 Å². The van der Waals surface area contributed by atoms with Crippen LogP contribution in [-0.2, 0) is 5.41 Å². The number of phenols is 1. The van der Waals surface area contributed by atoms with Crippen molar-refractivity contribution < 1.29 is 5.11 Å². The van der Waals surface area contributed by atoms with Crippen molar-refractivity contribution in [1.29, 1.82) is 0 Å². The van der Waals surface area contributed by atoms with Crippen LogP contribution in [0.15, 0.2) is 30.3 Å². The fraction of sp³-hybridized carbons (Fsp3) is 0.294. The van der Waals surface area contributed by atoms with Gasteiger partial charge in [0.2, 0.25) is 0 Å². The van der Waals surface area contributed by atoms with Gasteiger partial charge in [-0.2, -0.15) is 0 Å². The monoisotopic (exact) mass is 315 g/mol. The van der Waals surface area contributed by atoms with Crippen LogP contribution in [0, 0.1) is 6.92 Å². The van der Waals surface area contributed by atoms with Gasteiger partial charge in [0.05, 0.1) is 11.8 Å². The number of fused-ring (bicyclic) bond motifs is 1. The second-order valence-electron chi connectivity index (χ2n) is 6.57. The Hall–Kier alpha value is -2.07. The Kier molecular flexibility index (Phi) is 3.37. The topological polar surface area (TPSA) is 50.9 Å². The lowest BCUT2D eigenvalue weighted by Crippen LogP contribution is -2.12. The van der Waals surface area contributed by atoms with E-state index in [0.717, 1.165) is 26.6 Å². The lowest BCUT2D eigenvalue weighted by atomic mass is 9.83. The van der Waals surface area contributed by atoms with Crippen LogP contribution in [0.3, 0.4) is 0 Å². The van der Waals surface area contributed by atoms with Gasteiger partial charge in [0.25, 0.3) is 0 Å². The van der Waals surface area contributed by atoms with E-state index in [0.29, 0.717) is 11.0 Å².